The molecule has 0 saturated heterocycles. The van der Waals surface area contributed by atoms with Gasteiger partial charge in [-0.1, -0.05) is 42.8 Å². The molecule has 0 spiro atoms. The fourth-order valence-electron chi connectivity index (χ4n) is 2.20. The molecule has 0 heterocycles. The van der Waals surface area contributed by atoms with Gasteiger partial charge in [0.25, 0.3) is 0 Å². The molecule has 4 heteroatoms. The molecule has 0 radical (unpaired) electrons. The van der Waals surface area contributed by atoms with Crippen LogP contribution in [0.3, 0.4) is 0 Å². The summed E-state index contributed by atoms with van der Waals surface area (Å²) in [6.07, 6.45) is 0.743. The molecule has 106 valence electrons. The van der Waals surface area contributed by atoms with Crippen LogP contribution < -0.4 is 5.32 Å². The van der Waals surface area contributed by atoms with Crippen molar-refractivity contribution in [1.82, 2.24) is 5.32 Å². The number of rotatable bonds is 5. The molecule has 0 aliphatic carbocycles. The molecular formula is C16H16ClFIN. The summed E-state index contributed by atoms with van der Waals surface area (Å²) in [5.41, 5.74) is 2.20. The van der Waals surface area contributed by atoms with Crippen LogP contribution in [0.1, 0.15) is 24.1 Å². The van der Waals surface area contributed by atoms with E-state index in [1.807, 2.05) is 12.1 Å². The van der Waals surface area contributed by atoms with Crippen molar-refractivity contribution in [2.75, 3.05) is 6.54 Å². The maximum atomic E-state index is 13.1. The first-order valence-corrected chi connectivity index (χ1v) is 7.99. The molecule has 1 N–H and O–H groups in total. The number of hydrogen-bond acceptors (Lipinski definition) is 1. The van der Waals surface area contributed by atoms with Gasteiger partial charge >= 0.3 is 0 Å². The highest BCUT2D eigenvalue weighted by Gasteiger charge is 2.15. The van der Waals surface area contributed by atoms with Crippen molar-refractivity contribution in [2.24, 2.45) is 0 Å². The summed E-state index contributed by atoms with van der Waals surface area (Å²) in [7, 11) is 0. The van der Waals surface area contributed by atoms with E-state index in [-0.39, 0.29) is 11.9 Å². The Bertz CT molecular complexity index is 588. The molecule has 0 amide bonds. The molecule has 1 unspecified atom stereocenters. The van der Waals surface area contributed by atoms with E-state index in [4.69, 9.17) is 11.6 Å². The van der Waals surface area contributed by atoms with Crippen molar-refractivity contribution < 1.29 is 4.39 Å². The normalized spacial score (nSPS) is 12.4. The summed E-state index contributed by atoms with van der Waals surface area (Å²) < 4.78 is 14.3. The van der Waals surface area contributed by atoms with Crippen molar-refractivity contribution in [3.8, 4) is 0 Å². The van der Waals surface area contributed by atoms with Crippen LogP contribution in [-0.2, 0) is 6.42 Å². The van der Waals surface area contributed by atoms with Crippen LogP contribution in [0.15, 0.2) is 42.5 Å². The Kier molecular flexibility index (Phi) is 5.81. The molecule has 0 saturated carbocycles. The Morgan fingerprint density at radius 3 is 2.65 bits per heavy atom. The predicted octanol–water partition coefficient (Wildman–Crippen LogP) is 4.98. The highest BCUT2D eigenvalue weighted by Crippen LogP contribution is 2.27. The lowest BCUT2D eigenvalue weighted by atomic mass is 9.98. The van der Waals surface area contributed by atoms with E-state index < -0.39 is 0 Å². The third-order valence-corrected chi connectivity index (χ3v) is 4.50. The van der Waals surface area contributed by atoms with Crippen LogP contribution in [-0.4, -0.2) is 6.54 Å². The summed E-state index contributed by atoms with van der Waals surface area (Å²) in [5, 5.41) is 3.96. The van der Waals surface area contributed by atoms with Crippen molar-refractivity contribution >= 4 is 34.2 Å². The largest absolute Gasteiger partial charge is 0.310 e. The second kappa shape index (κ2) is 7.38. The molecule has 2 rings (SSSR count). The molecule has 0 aliphatic heterocycles. The predicted molar refractivity (Wildman–Crippen MR) is 90.7 cm³/mol. The van der Waals surface area contributed by atoms with E-state index in [1.54, 1.807) is 6.07 Å². The average Bonchev–Trinajstić information content (AvgIpc) is 2.42. The van der Waals surface area contributed by atoms with E-state index in [0.717, 1.165) is 18.5 Å². The Balaban J connectivity index is 2.28. The summed E-state index contributed by atoms with van der Waals surface area (Å²) in [5.74, 6) is -0.298. The van der Waals surface area contributed by atoms with Crippen LogP contribution in [0.25, 0.3) is 0 Å². The molecule has 1 atom stereocenters. The van der Waals surface area contributed by atoms with E-state index >= 15 is 0 Å². The van der Waals surface area contributed by atoms with Gasteiger partial charge in [-0.25, -0.2) is 4.39 Å². The monoisotopic (exact) mass is 403 g/mol. The third-order valence-electron chi connectivity index (χ3n) is 3.17. The number of nitrogens with one attached hydrogen (secondary N) is 1. The highest BCUT2D eigenvalue weighted by atomic mass is 127. The Labute approximate surface area is 137 Å². The van der Waals surface area contributed by atoms with Gasteiger partial charge in [0, 0.05) is 14.6 Å². The van der Waals surface area contributed by atoms with Crippen LogP contribution in [0.4, 0.5) is 4.39 Å². The van der Waals surface area contributed by atoms with Gasteiger partial charge in [0.2, 0.25) is 0 Å². The molecule has 20 heavy (non-hydrogen) atoms. The molecule has 0 aliphatic rings. The molecule has 2 aromatic carbocycles. The van der Waals surface area contributed by atoms with Crippen molar-refractivity contribution in [2.45, 2.75) is 19.4 Å². The Hall–Kier alpha value is -0.650. The lowest BCUT2D eigenvalue weighted by molar-refractivity contribution is 0.546. The first-order chi connectivity index (χ1) is 9.61. The molecule has 2 aromatic rings. The van der Waals surface area contributed by atoms with Crippen molar-refractivity contribution in [3.05, 3.63) is 68.0 Å². The van der Waals surface area contributed by atoms with Crippen LogP contribution >= 0.6 is 34.2 Å². The molecular weight excluding hydrogens is 388 g/mol. The van der Waals surface area contributed by atoms with Crippen LogP contribution in [0.2, 0.25) is 5.02 Å². The molecule has 0 bridgehead atoms. The first-order valence-electron chi connectivity index (χ1n) is 6.53. The highest BCUT2D eigenvalue weighted by molar-refractivity contribution is 14.1. The Morgan fingerprint density at radius 1 is 1.25 bits per heavy atom. The van der Waals surface area contributed by atoms with E-state index in [0.29, 0.717) is 5.02 Å². The van der Waals surface area contributed by atoms with E-state index in [2.05, 4.69) is 47.0 Å². The minimum absolute atomic E-state index is 0.177. The zero-order valence-electron chi connectivity index (χ0n) is 11.2. The second-order valence-electron chi connectivity index (χ2n) is 4.57. The van der Waals surface area contributed by atoms with Gasteiger partial charge in [-0.15, -0.1) is 0 Å². The van der Waals surface area contributed by atoms with E-state index in [9.17, 15) is 4.39 Å². The number of likely N-dealkylation sites (N-methyl/N-ethyl adjacent to an activating group) is 1. The van der Waals surface area contributed by atoms with Gasteiger partial charge in [-0.2, -0.15) is 0 Å². The van der Waals surface area contributed by atoms with Gasteiger partial charge < -0.3 is 5.32 Å². The SMILES string of the molecule is CCNC(Cc1ccc(F)cc1Cl)c1ccccc1I. The minimum Gasteiger partial charge on any atom is -0.310 e. The maximum Gasteiger partial charge on any atom is 0.124 e. The molecule has 1 nitrogen and oxygen atoms in total. The quantitative estimate of drug-likeness (QED) is 0.695. The zero-order chi connectivity index (χ0) is 14.5. The van der Waals surface area contributed by atoms with Crippen molar-refractivity contribution in [1.29, 1.82) is 0 Å². The second-order valence-corrected chi connectivity index (χ2v) is 6.14. The smallest absolute Gasteiger partial charge is 0.124 e. The lowest BCUT2D eigenvalue weighted by Crippen LogP contribution is -2.23. The minimum atomic E-state index is -0.298. The number of hydrogen-bond donors (Lipinski definition) is 1. The van der Waals surface area contributed by atoms with Gasteiger partial charge in [-0.3, -0.25) is 0 Å². The van der Waals surface area contributed by atoms with Gasteiger partial charge in [-0.05, 0) is 64.9 Å². The fourth-order valence-corrected chi connectivity index (χ4v) is 3.21. The maximum absolute atomic E-state index is 13.1. The third kappa shape index (κ3) is 3.93. The van der Waals surface area contributed by atoms with Gasteiger partial charge in [0.1, 0.15) is 5.82 Å². The number of benzene rings is 2. The number of halogens is 3. The zero-order valence-corrected chi connectivity index (χ0v) is 14.1. The average molecular weight is 404 g/mol. The van der Waals surface area contributed by atoms with Crippen LogP contribution in [0, 0.1) is 9.39 Å². The van der Waals surface area contributed by atoms with Gasteiger partial charge in [0.05, 0.1) is 0 Å². The van der Waals surface area contributed by atoms with Crippen LogP contribution in [0.5, 0.6) is 0 Å². The molecule has 0 aromatic heterocycles. The molecule has 0 fully saturated rings. The lowest BCUT2D eigenvalue weighted by Gasteiger charge is -2.20. The summed E-state index contributed by atoms with van der Waals surface area (Å²) >= 11 is 8.47. The van der Waals surface area contributed by atoms with Crippen molar-refractivity contribution in [3.63, 3.8) is 0 Å². The fraction of sp³-hybridized carbons (Fsp3) is 0.250. The standard InChI is InChI=1S/C16H16ClFIN/c1-2-20-16(13-5-3-4-6-15(13)19)9-11-7-8-12(18)10-14(11)17/h3-8,10,16,20H,2,9H2,1H3. The first kappa shape index (κ1) is 15.7. The topological polar surface area (TPSA) is 12.0 Å². The van der Waals surface area contributed by atoms with E-state index in [1.165, 1.54) is 21.3 Å². The summed E-state index contributed by atoms with van der Waals surface area (Å²) in [6, 6.07) is 13.0. The van der Waals surface area contributed by atoms with Gasteiger partial charge in [0.15, 0.2) is 0 Å². The summed E-state index contributed by atoms with van der Waals surface area (Å²) in [6.45, 7) is 2.95. The summed E-state index contributed by atoms with van der Waals surface area (Å²) in [4.78, 5) is 0. The Morgan fingerprint density at radius 2 is 2.00 bits per heavy atom.